The largest absolute Gasteiger partial charge is 0.381 e. The van der Waals surface area contributed by atoms with Crippen molar-refractivity contribution < 1.29 is 23.5 Å². The van der Waals surface area contributed by atoms with Crippen molar-refractivity contribution in [1.82, 2.24) is 4.90 Å². The van der Waals surface area contributed by atoms with Crippen LogP contribution in [-0.2, 0) is 9.47 Å². The van der Waals surface area contributed by atoms with Gasteiger partial charge in [-0.05, 0) is 43.7 Å². The van der Waals surface area contributed by atoms with Crippen LogP contribution in [0, 0.1) is 12.7 Å². The van der Waals surface area contributed by atoms with Gasteiger partial charge in [0.05, 0.1) is 28.1 Å². The highest BCUT2D eigenvalue weighted by Crippen LogP contribution is 2.34. The van der Waals surface area contributed by atoms with E-state index in [-0.39, 0.29) is 23.2 Å². The highest BCUT2D eigenvalue weighted by Gasteiger charge is 2.42. The fourth-order valence-corrected chi connectivity index (χ4v) is 5.15. The second-order valence-electron chi connectivity index (χ2n) is 8.00. The van der Waals surface area contributed by atoms with Crippen molar-refractivity contribution in [3.8, 4) is 0 Å². The topological polar surface area (TPSA) is 67.9 Å². The Morgan fingerprint density at radius 1 is 1.27 bits per heavy atom. The van der Waals surface area contributed by atoms with Gasteiger partial charge >= 0.3 is 0 Å². The molecule has 0 radical (unpaired) electrons. The summed E-state index contributed by atoms with van der Waals surface area (Å²) in [6, 6.07) is 7.29. The molecule has 6 nitrogen and oxygen atoms in total. The third kappa shape index (κ3) is 4.40. The second-order valence-corrected chi connectivity index (χ2v) is 9.05. The third-order valence-electron chi connectivity index (χ3n) is 5.53. The first-order valence-electron chi connectivity index (χ1n) is 10.1. The summed E-state index contributed by atoms with van der Waals surface area (Å²) in [5.41, 5.74) is 0.697. The van der Waals surface area contributed by atoms with Crippen LogP contribution < -0.4 is 5.32 Å². The zero-order valence-corrected chi connectivity index (χ0v) is 17.9. The van der Waals surface area contributed by atoms with E-state index < -0.39 is 11.7 Å². The van der Waals surface area contributed by atoms with Crippen LogP contribution in [0.3, 0.4) is 0 Å². The van der Waals surface area contributed by atoms with Gasteiger partial charge in [-0.15, -0.1) is 11.3 Å². The molecule has 2 saturated heterocycles. The van der Waals surface area contributed by atoms with Gasteiger partial charge in [-0.3, -0.25) is 9.59 Å². The van der Waals surface area contributed by atoms with Crippen molar-refractivity contribution in [2.24, 2.45) is 0 Å². The number of carbonyl (C=O) groups is 2. The van der Waals surface area contributed by atoms with E-state index >= 15 is 0 Å². The maximum Gasteiger partial charge on any atom is 0.264 e. The van der Waals surface area contributed by atoms with E-state index in [2.05, 4.69) is 5.32 Å². The van der Waals surface area contributed by atoms with Crippen LogP contribution in [0.15, 0.2) is 30.3 Å². The van der Waals surface area contributed by atoms with Crippen molar-refractivity contribution >= 4 is 28.2 Å². The van der Waals surface area contributed by atoms with Crippen LogP contribution in [0.1, 0.15) is 45.4 Å². The van der Waals surface area contributed by atoms with Gasteiger partial charge in [0.2, 0.25) is 0 Å². The fraction of sp³-hybridized carbons (Fsp3) is 0.455. The van der Waals surface area contributed by atoms with Gasteiger partial charge in [0.1, 0.15) is 5.82 Å². The first-order chi connectivity index (χ1) is 14.3. The number of halogens is 1. The summed E-state index contributed by atoms with van der Waals surface area (Å²) in [6.45, 7) is 6.20. The van der Waals surface area contributed by atoms with Gasteiger partial charge in [0.25, 0.3) is 11.8 Å². The summed E-state index contributed by atoms with van der Waals surface area (Å²) in [5.74, 6) is -0.926. The van der Waals surface area contributed by atoms with Crippen LogP contribution in [0.5, 0.6) is 0 Å². The van der Waals surface area contributed by atoms with Crippen LogP contribution in [-0.4, -0.2) is 54.7 Å². The van der Waals surface area contributed by atoms with E-state index in [4.69, 9.17) is 9.47 Å². The number of thiophene rings is 1. The van der Waals surface area contributed by atoms with Crippen molar-refractivity contribution in [1.29, 1.82) is 0 Å². The fourth-order valence-electron chi connectivity index (χ4n) is 4.11. The van der Waals surface area contributed by atoms with Gasteiger partial charge in [-0.1, -0.05) is 6.07 Å². The van der Waals surface area contributed by atoms with Gasteiger partial charge in [-0.2, -0.15) is 0 Å². The molecule has 2 aliphatic rings. The lowest BCUT2D eigenvalue weighted by molar-refractivity contribution is -0.176. The van der Waals surface area contributed by atoms with Gasteiger partial charge in [0, 0.05) is 38.2 Å². The zero-order valence-electron chi connectivity index (χ0n) is 17.1. The van der Waals surface area contributed by atoms with E-state index in [9.17, 15) is 14.0 Å². The molecule has 1 spiro atoms. The maximum atomic E-state index is 13.4. The second kappa shape index (κ2) is 8.45. The molecule has 2 amide bonds. The number of hydrogen-bond acceptors (Lipinski definition) is 5. The Morgan fingerprint density at radius 2 is 2.03 bits per heavy atom. The zero-order chi connectivity index (χ0) is 21.3. The molecule has 1 N–H and O–H groups in total. The van der Waals surface area contributed by atoms with E-state index in [0.717, 1.165) is 18.4 Å². The van der Waals surface area contributed by atoms with Crippen LogP contribution in [0.4, 0.5) is 9.39 Å². The number of benzene rings is 1. The van der Waals surface area contributed by atoms with Gasteiger partial charge in [0.15, 0.2) is 0 Å². The number of aryl methyl sites for hydroxylation is 1. The lowest BCUT2D eigenvalue weighted by atomic mass is 9.91. The normalized spacial score (nSPS) is 20.9. The summed E-state index contributed by atoms with van der Waals surface area (Å²) in [4.78, 5) is 28.2. The Labute approximate surface area is 179 Å². The minimum atomic E-state index is -0.468. The first kappa shape index (κ1) is 21.0. The summed E-state index contributed by atoms with van der Waals surface area (Å²) in [5, 5.41) is 3.33. The number of nitrogens with one attached hydrogen (secondary N) is 1. The van der Waals surface area contributed by atoms with Crippen molar-refractivity contribution in [3.63, 3.8) is 0 Å². The minimum absolute atomic E-state index is 0.0479. The molecule has 0 saturated carbocycles. The molecule has 2 aliphatic heterocycles. The van der Waals surface area contributed by atoms with Crippen LogP contribution >= 0.6 is 11.3 Å². The lowest BCUT2D eigenvalue weighted by Crippen LogP contribution is -2.58. The lowest BCUT2D eigenvalue weighted by Gasteiger charge is -2.47. The third-order valence-corrected chi connectivity index (χ3v) is 6.68. The number of morpholine rings is 1. The maximum absolute atomic E-state index is 13.4. The number of amides is 2. The van der Waals surface area contributed by atoms with Crippen molar-refractivity contribution in [2.75, 3.05) is 31.6 Å². The molecule has 160 valence electrons. The summed E-state index contributed by atoms with van der Waals surface area (Å²) in [6.07, 6.45) is 1.51. The highest BCUT2D eigenvalue weighted by atomic mass is 32.1. The molecular formula is C22H25FN2O4S. The van der Waals surface area contributed by atoms with E-state index in [1.165, 1.54) is 29.5 Å². The van der Waals surface area contributed by atoms with Crippen LogP contribution in [0.25, 0.3) is 0 Å². The number of anilines is 1. The molecule has 1 aromatic heterocycles. The number of ether oxygens (including phenoxy) is 2. The van der Waals surface area contributed by atoms with Gasteiger partial charge in [-0.25, -0.2) is 4.39 Å². The summed E-state index contributed by atoms with van der Waals surface area (Å²) < 4.78 is 25.1. The molecule has 2 aromatic rings. The Balaban J connectivity index is 1.49. The predicted octanol–water partition coefficient (Wildman–Crippen LogP) is 3.86. The van der Waals surface area contributed by atoms with E-state index in [1.54, 1.807) is 12.1 Å². The SMILES string of the molecule is Cc1cc(NC(=O)c2cccc(F)c2)sc1C(=O)N1CC(C)OC2(CCOCC2)C1. The molecule has 4 rings (SSSR count). The first-order valence-corrected chi connectivity index (χ1v) is 10.9. The number of rotatable bonds is 3. The average molecular weight is 433 g/mol. The molecule has 0 aliphatic carbocycles. The van der Waals surface area contributed by atoms with Gasteiger partial charge < -0.3 is 19.7 Å². The quantitative estimate of drug-likeness (QED) is 0.800. The number of nitrogens with zero attached hydrogens (tertiary/aromatic N) is 1. The Kier molecular flexibility index (Phi) is 5.90. The molecule has 0 bridgehead atoms. The summed E-state index contributed by atoms with van der Waals surface area (Å²) >= 11 is 1.24. The number of hydrogen-bond donors (Lipinski definition) is 1. The summed E-state index contributed by atoms with van der Waals surface area (Å²) in [7, 11) is 0. The molecule has 30 heavy (non-hydrogen) atoms. The predicted molar refractivity (Wildman–Crippen MR) is 113 cm³/mol. The van der Waals surface area contributed by atoms with Crippen LogP contribution in [0.2, 0.25) is 0 Å². The van der Waals surface area contributed by atoms with E-state index in [0.29, 0.717) is 36.2 Å². The molecule has 3 heterocycles. The highest BCUT2D eigenvalue weighted by molar-refractivity contribution is 7.18. The molecular weight excluding hydrogens is 407 g/mol. The standard InChI is InChI=1S/C22H25FN2O4S/c1-14-10-18(24-20(26)16-4-3-5-17(23)11-16)30-19(14)21(27)25-12-15(2)29-22(13-25)6-8-28-9-7-22/h3-5,10-11,15H,6-9,12-13H2,1-2H3,(H,24,26). The smallest absolute Gasteiger partial charge is 0.264 e. The molecule has 8 heteroatoms. The molecule has 1 aromatic carbocycles. The van der Waals surface area contributed by atoms with Crippen molar-refractivity contribution in [2.45, 2.75) is 38.4 Å². The average Bonchev–Trinajstić information content (AvgIpc) is 3.07. The molecule has 1 unspecified atom stereocenters. The monoisotopic (exact) mass is 432 g/mol. The Morgan fingerprint density at radius 3 is 2.77 bits per heavy atom. The van der Waals surface area contributed by atoms with E-state index in [1.807, 2.05) is 18.7 Å². The Hall–Kier alpha value is -2.29. The Bertz CT molecular complexity index is 954. The molecule has 2 fully saturated rings. The minimum Gasteiger partial charge on any atom is -0.381 e. The molecule has 1 atom stereocenters. The van der Waals surface area contributed by atoms with Crippen molar-refractivity contribution in [3.05, 3.63) is 52.2 Å². The number of carbonyl (C=O) groups excluding carboxylic acids is 2.